The quantitative estimate of drug-likeness (QED) is 0.107. The van der Waals surface area contributed by atoms with Gasteiger partial charge in [-0.1, -0.05) is 45.7 Å². The number of carbonyl (C=O) groups is 1. The lowest BCUT2D eigenvalue weighted by Crippen LogP contribution is -2.36. The van der Waals surface area contributed by atoms with Crippen LogP contribution in [0.2, 0.25) is 0 Å². The number of amides is 1. The number of nitro benzene ring substituents is 2. The number of carbonyl (C=O) groups excluding carboxylic acids is 1. The molecule has 31 heavy (non-hydrogen) atoms. The van der Waals surface area contributed by atoms with Gasteiger partial charge in [-0.2, -0.15) is 0 Å². The molecular formula is C15H21Br2N4O9P. The van der Waals surface area contributed by atoms with Crippen LogP contribution in [0.3, 0.4) is 0 Å². The second-order valence-electron chi connectivity index (χ2n) is 6.42. The van der Waals surface area contributed by atoms with Crippen LogP contribution in [0, 0.1) is 20.2 Å². The van der Waals surface area contributed by atoms with Gasteiger partial charge in [0, 0.05) is 35.4 Å². The number of non-ortho nitro benzene ring substituents is 1. The number of nitrogens with one attached hydrogen (secondary N) is 1. The molecule has 0 aromatic heterocycles. The molecule has 0 aliphatic rings. The number of anilines is 1. The summed E-state index contributed by atoms with van der Waals surface area (Å²) in [5.74, 6) is -0.898. The maximum Gasteiger partial charge on any atom is 0.469 e. The number of alkyl halides is 2. The van der Waals surface area contributed by atoms with E-state index < -0.39 is 41.6 Å². The van der Waals surface area contributed by atoms with Gasteiger partial charge in [-0.25, -0.2) is 4.57 Å². The summed E-state index contributed by atoms with van der Waals surface area (Å²) >= 11 is 6.73. The topological polar surface area (TPSA) is 185 Å². The van der Waals surface area contributed by atoms with Gasteiger partial charge in [-0.05, 0) is 0 Å². The first-order chi connectivity index (χ1) is 14.2. The van der Waals surface area contributed by atoms with Gasteiger partial charge < -0.3 is 20.0 Å². The third kappa shape index (κ3) is 9.17. The molecule has 0 aliphatic carbocycles. The Balaban J connectivity index is 3.49. The number of phosphoric ester groups is 1. The van der Waals surface area contributed by atoms with Crippen LogP contribution in [0.1, 0.15) is 24.2 Å². The van der Waals surface area contributed by atoms with Crippen LogP contribution in [-0.2, 0) is 9.09 Å². The Bertz CT molecular complexity index is 868. The van der Waals surface area contributed by atoms with Gasteiger partial charge in [-0.15, -0.1) is 0 Å². The van der Waals surface area contributed by atoms with E-state index in [-0.39, 0.29) is 40.5 Å². The molecule has 1 aromatic carbocycles. The highest BCUT2D eigenvalue weighted by Crippen LogP contribution is 2.37. The van der Waals surface area contributed by atoms with E-state index in [4.69, 9.17) is 9.79 Å². The van der Waals surface area contributed by atoms with E-state index in [1.165, 1.54) is 0 Å². The van der Waals surface area contributed by atoms with E-state index in [2.05, 4.69) is 41.7 Å². The number of rotatable bonds is 12. The predicted octanol–water partition coefficient (Wildman–Crippen LogP) is 2.72. The Morgan fingerprint density at radius 2 is 1.74 bits per heavy atom. The van der Waals surface area contributed by atoms with E-state index in [1.807, 2.05) is 0 Å². The highest BCUT2D eigenvalue weighted by Gasteiger charge is 2.32. The molecule has 2 unspecified atom stereocenters. The molecule has 0 fully saturated rings. The highest BCUT2D eigenvalue weighted by molar-refractivity contribution is 9.09. The van der Waals surface area contributed by atoms with Crippen LogP contribution in [-0.4, -0.2) is 61.4 Å². The molecule has 1 aromatic rings. The minimum atomic E-state index is -4.75. The van der Waals surface area contributed by atoms with Crippen molar-refractivity contribution in [2.45, 2.75) is 23.5 Å². The number of nitro groups is 2. The normalized spacial score (nSPS) is 13.4. The standard InChI is InChI=1S/C15H21Br2N4O9P/c1-9(16)7-19(8-10(2)17)14-12(15(22)18-3-4-30-31(27,28)29)5-11(20(23)24)6-13(14)21(25)26/h5-6,9-10H,3-4,7-8H2,1-2H3,(H,18,22)(H2,27,28,29). The Hall–Kier alpha value is -1.64. The van der Waals surface area contributed by atoms with E-state index >= 15 is 0 Å². The maximum atomic E-state index is 12.8. The molecule has 13 nitrogen and oxygen atoms in total. The summed E-state index contributed by atoms with van der Waals surface area (Å²) in [6, 6.07) is 1.71. The zero-order valence-electron chi connectivity index (χ0n) is 16.4. The number of phosphoric acid groups is 1. The lowest BCUT2D eigenvalue weighted by Gasteiger charge is -2.28. The fraction of sp³-hybridized carbons (Fsp3) is 0.533. The monoisotopic (exact) mass is 590 g/mol. The first kappa shape index (κ1) is 27.4. The van der Waals surface area contributed by atoms with Crippen LogP contribution in [0.5, 0.6) is 0 Å². The molecule has 0 saturated heterocycles. The van der Waals surface area contributed by atoms with E-state index in [0.29, 0.717) is 0 Å². The summed E-state index contributed by atoms with van der Waals surface area (Å²) in [5.41, 5.74) is -1.70. The van der Waals surface area contributed by atoms with Crippen LogP contribution in [0.25, 0.3) is 0 Å². The van der Waals surface area contributed by atoms with Crippen molar-refractivity contribution in [1.82, 2.24) is 5.32 Å². The van der Waals surface area contributed by atoms with Crippen molar-refractivity contribution in [3.05, 3.63) is 37.9 Å². The van der Waals surface area contributed by atoms with Gasteiger partial charge in [-0.3, -0.25) is 29.5 Å². The van der Waals surface area contributed by atoms with Crippen molar-refractivity contribution in [2.24, 2.45) is 0 Å². The fourth-order valence-corrected chi connectivity index (χ4v) is 3.67. The molecule has 16 heteroatoms. The zero-order valence-corrected chi connectivity index (χ0v) is 20.5. The molecule has 1 rings (SSSR count). The minimum absolute atomic E-state index is 0.110. The average Bonchev–Trinajstić information content (AvgIpc) is 2.61. The van der Waals surface area contributed by atoms with Gasteiger partial charge in [0.15, 0.2) is 0 Å². The summed E-state index contributed by atoms with van der Waals surface area (Å²) in [6.07, 6.45) is 0. The Morgan fingerprint density at radius 1 is 1.19 bits per heavy atom. The van der Waals surface area contributed by atoms with Crippen molar-refractivity contribution >= 4 is 62.7 Å². The second kappa shape index (κ2) is 11.8. The number of hydrogen-bond donors (Lipinski definition) is 3. The summed E-state index contributed by atoms with van der Waals surface area (Å²) < 4.78 is 15.0. The molecule has 0 radical (unpaired) electrons. The van der Waals surface area contributed by atoms with E-state index in [0.717, 1.165) is 12.1 Å². The number of nitrogens with zero attached hydrogens (tertiary/aromatic N) is 3. The van der Waals surface area contributed by atoms with E-state index in [9.17, 15) is 29.6 Å². The predicted molar refractivity (Wildman–Crippen MR) is 119 cm³/mol. The fourth-order valence-electron chi connectivity index (χ4n) is 2.64. The first-order valence-corrected chi connectivity index (χ1v) is 12.1. The van der Waals surface area contributed by atoms with Gasteiger partial charge in [0.2, 0.25) is 0 Å². The number of benzene rings is 1. The SMILES string of the molecule is CC(Br)CN(CC(C)Br)c1c(C(=O)NCCOP(=O)(O)O)cc([N+](=O)[O-])cc1[N+](=O)[O-]. The van der Waals surface area contributed by atoms with Crippen molar-refractivity contribution in [2.75, 3.05) is 31.1 Å². The minimum Gasteiger partial charge on any atom is -0.363 e. The lowest BCUT2D eigenvalue weighted by atomic mass is 10.1. The second-order valence-corrected chi connectivity index (χ2v) is 10.8. The Kier molecular flexibility index (Phi) is 10.5. The zero-order chi connectivity index (χ0) is 23.9. The van der Waals surface area contributed by atoms with Crippen molar-refractivity contribution < 1.29 is 33.5 Å². The summed E-state index contributed by atoms with van der Waals surface area (Å²) in [6.45, 7) is 3.20. The largest absolute Gasteiger partial charge is 0.469 e. The average molecular weight is 592 g/mol. The van der Waals surface area contributed by atoms with E-state index in [1.54, 1.807) is 18.7 Å². The molecule has 2 atom stereocenters. The molecule has 0 bridgehead atoms. The summed E-state index contributed by atoms with van der Waals surface area (Å²) in [7, 11) is -4.75. The summed E-state index contributed by atoms with van der Waals surface area (Å²) in [4.78, 5) is 52.8. The van der Waals surface area contributed by atoms with Crippen LogP contribution in [0.4, 0.5) is 17.1 Å². The van der Waals surface area contributed by atoms with Gasteiger partial charge in [0.25, 0.3) is 17.3 Å². The van der Waals surface area contributed by atoms with Crippen molar-refractivity contribution in [3.63, 3.8) is 0 Å². The van der Waals surface area contributed by atoms with Gasteiger partial charge in [0.05, 0.1) is 28.1 Å². The first-order valence-electron chi connectivity index (χ1n) is 8.71. The third-order valence-corrected chi connectivity index (χ3v) is 4.73. The molecule has 3 N–H and O–H groups in total. The molecule has 174 valence electrons. The van der Waals surface area contributed by atoms with Gasteiger partial charge in [0.1, 0.15) is 5.69 Å². The van der Waals surface area contributed by atoms with Crippen molar-refractivity contribution in [3.8, 4) is 0 Å². The maximum absolute atomic E-state index is 12.8. The van der Waals surface area contributed by atoms with Crippen molar-refractivity contribution in [1.29, 1.82) is 0 Å². The van der Waals surface area contributed by atoms with Gasteiger partial charge >= 0.3 is 7.82 Å². The lowest BCUT2D eigenvalue weighted by molar-refractivity contribution is -0.393. The Labute approximate surface area is 193 Å². The Morgan fingerprint density at radius 3 is 2.16 bits per heavy atom. The van der Waals surface area contributed by atoms with Crippen LogP contribution in [0.15, 0.2) is 12.1 Å². The number of hydrogen-bond acceptors (Lipinski definition) is 8. The number of halogens is 2. The summed E-state index contributed by atoms with van der Waals surface area (Å²) in [5, 5.41) is 25.3. The molecule has 0 heterocycles. The highest BCUT2D eigenvalue weighted by atomic mass is 79.9. The van der Waals surface area contributed by atoms with Crippen LogP contribution >= 0.6 is 39.7 Å². The smallest absolute Gasteiger partial charge is 0.363 e. The molecule has 0 saturated carbocycles. The molecule has 1 amide bonds. The third-order valence-electron chi connectivity index (χ3n) is 3.63. The molecular weight excluding hydrogens is 571 g/mol. The van der Waals surface area contributed by atoms with Crippen LogP contribution < -0.4 is 10.2 Å². The molecule has 0 spiro atoms. The molecule has 0 aliphatic heterocycles.